The summed E-state index contributed by atoms with van der Waals surface area (Å²) in [5.41, 5.74) is 2.84. The number of nitrogens with zero attached hydrogens (tertiary/aromatic N) is 1. The van der Waals surface area contributed by atoms with E-state index in [9.17, 15) is 13.2 Å². The molecule has 30 heavy (non-hydrogen) atoms. The number of rotatable bonds is 7. The number of carbonyl (C=O) groups is 1. The van der Waals surface area contributed by atoms with Crippen LogP contribution in [0, 0.1) is 13.8 Å². The Hall–Kier alpha value is -3.32. The third-order valence-electron chi connectivity index (χ3n) is 4.57. The highest BCUT2D eigenvalue weighted by Gasteiger charge is 2.27. The number of aryl methyl sites for hydroxylation is 2. The Morgan fingerprint density at radius 1 is 0.933 bits per heavy atom. The standard InChI is InChI=1S/C23H24N2O4S/c1-17-9-12-19(13-10-17)25(30(27,28)20-7-5-4-6-8-20)16-23(26)24-21-15-18(2)11-14-22(21)29-3/h4-15H,16H2,1-3H3,(H,24,26). The minimum atomic E-state index is -3.94. The number of amides is 1. The van der Waals surface area contributed by atoms with Gasteiger partial charge in [-0.3, -0.25) is 9.10 Å². The highest BCUT2D eigenvalue weighted by molar-refractivity contribution is 7.92. The van der Waals surface area contributed by atoms with Crippen LogP contribution < -0.4 is 14.4 Å². The highest BCUT2D eigenvalue weighted by Crippen LogP contribution is 2.27. The predicted octanol–water partition coefficient (Wildman–Crippen LogP) is 4.15. The van der Waals surface area contributed by atoms with Crippen LogP contribution in [0.4, 0.5) is 11.4 Å². The molecule has 156 valence electrons. The Bertz CT molecular complexity index is 1130. The van der Waals surface area contributed by atoms with Crippen LogP contribution in [0.5, 0.6) is 5.75 Å². The van der Waals surface area contributed by atoms with Crippen LogP contribution in [0.2, 0.25) is 0 Å². The molecule has 6 nitrogen and oxygen atoms in total. The summed E-state index contributed by atoms with van der Waals surface area (Å²) in [6, 6.07) is 20.5. The van der Waals surface area contributed by atoms with E-state index >= 15 is 0 Å². The smallest absolute Gasteiger partial charge is 0.264 e. The van der Waals surface area contributed by atoms with Crippen molar-refractivity contribution in [1.29, 1.82) is 0 Å². The van der Waals surface area contributed by atoms with Gasteiger partial charge in [0, 0.05) is 0 Å². The van der Waals surface area contributed by atoms with Gasteiger partial charge in [0.1, 0.15) is 12.3 Å². The van der Waals surface area contributed by atoms with Crippen LogP contribution in [0.1, 0.15) is 11.1 Å². The molecular formula is C23H24N2O4S. The number of carbonyl (C=O) groups excluding carboxylic acids is 1. The molecule has 0 saturated heterocycles. The second kappa shape index (κ2) is 9.00. The van der Waals surface area contributed by atoms with Gasteiger partial charge in [-0.15, -0.1) is 0 Å². The van der Waals surface area contributed by atoms with Gasteiger partial charge in [-0.1, -0.05) is 42.0 Å². The van der Waals surface area contributed by atoms with Gasteiger partial charge in [0.25, 0.3) is 10.0 Å². The summed E-state index contributed by atoms with van der Waals surface area (Å²) in [6.45, 7) is 3.43. The fourth-order valence-electron chi connectivity index (χ4n) is 2.99. The predicted molar refractivity (Wildman–Crippen MR) is 119 cm³/mol. The Morgan fingerprint density at radius 2 is 1.57 bits per heavy atom. The number of sulfonamides is 1. The fourth-order valence-corrected chi connectivity index (χ4v) is 4.43. The Morgan fingerprint density at radius 3 is 2.20 bits per heavy atom. The van der Waals surface area contributed by atoms with Crippen molar-refractivity contribution in [2.24, 2.45) is 0 Å². The highest BCUT2D eigenvalue weighted by atomic mass is 32.2. The quantitative estimate of drug-likeness (QED) is 0.618. The summed E-state index contributed by atoms with van der Waals surface area (Å²) in [4.78, 5) is 13.0. The molecular weight excluding hydrogens is 400 g/mol. The monoisotopic (exact) mass is 424 g/mol. The molecule has 0 saturated carbocycles. The number of hydrogen-bond acceptors (Lipinski definition) is 4. The largest absolute Gasteiger partial charge is 0.495 e. The summed E-state index contributed by atoms with van der Waals surface area (Å²) < 4.78 is 33.0. The zero-order chi connectivity index (χ0) is 21.7. The Kier molecular flexibility index (Phi) is 6.42. The number of nitrogens with one attached hydrogen (secondary N) is 1. The topological polar surface area (TPSA) is 75.7 Å². The SMILES string of the molecule is COc1ccc(C)cc1NC(=O)CN(c1ccc(C)cc1)S(=O)(=O)c1ccccc1. The lowest BCUT2D eigenvalue weighted by molar-refractivity contribution is -0.114. The van der Waals surface area contributed by atoms with Crippen molar-refractivity contribution in [3.63, 3.8) is 0 Å². The van der Waals surface area contributed by atoms with E-state index in [-0.39, 0.29) is 11.4 Å². The first-order chi connectivity index (χ1) is 14.3. The first-order valence-electron chi connectivity index (χ1n) is 9.40. The van der Waals surface area contributed by atoms with Crippen LogP contribution in [0.25, 0.3) is 0 Å². The average Bonchev–Trinajstić information content (AvgIpc) is 2.73. The van der Waals surface area contributed by atoms with Gasteiger partial charge in [-0.05, 0) is 55.8 Å². The molecule has 1 N–H and O–H groups in total. The van der Waals surface area contributed by atoms with Gasteiger partial charge in [0.2, 0.25) is 5.91 Å². The van der Waals surface area contributed by atoms with Crippen molar-refractivity contribution in [2.45, 2.75) is 18.7 Å². The summed E-state index contributed by atoms with van der Waals surface area (Å²) in [5, 5.41) is 2.77. The lowest BCUT2D eigenvalue weighted by Crippen LogP contribution is -2.38. The minimum Gasteiger partial charge on any atom is -0.495 e. The van der Waals surface area contributed by atoms with Gasteiger partial charge in [-0.25, -0.2) is 8.42 Å². The van der Waals surface area contributed by atoms with E-state index in [2.05, 4.69) is 5.32 Å². The van der Waals surface area contributed by atoms with Crippen molar-refractivity contribution in [3.05, 3.63) is 83.9 Å². The molecule has 3 rings (SSSR count). The molecule has 0 aliphatic carbocycles. The number of hydrogen-bond donors (Lipinski definition) is 1. The maximum Gasteiger partial charge on any atom is 0.264 e. The van der Waals surface area contributed by atoms with E-state index in [1.807, 2.05) is 32.0 Å². The molecule has 0 bridgehead atoms. The summed E-state index contributed by atoms with van der Waals surface area (Å²) in [5.74, 6) is 0.0285. The fraction of sp³-hybridized carbons (Fsp3) is 0.174. The Labute approximate surface area is 177 Å². The minimum absolute atomic E-state index is 0.117. The van der Waals surface area contributed by atoms with Crippen molar-refractivity contribution < 1.29 is 17.9 Å². The van der Waals surface area contributed by atoms with E-state index in [1.165, 1.54) is 19.2 Å². The molecule has 3 aromatic carbocycles. The van der Waals surface area contributed by atoms with Crippen LogP contribution >= 0.6 is 0 Å². The summed E-state index contributed by atoms with van der Waals surface area (Å²) in [6.07, 6.45) is 0. The van der Waals surface area contributed by atoms with E-state index in [0.717, 1.165) is 15.4 Å². The molecule has 0 aromatic heterocycles. The van der Waals surface area contributed by atoms with Crippen molar-refractivity contribution in [2.75, 3.05) is 23.3 Å². The molecule has 1 amide bonds. The molecule has 7 heteroatoms. The second-order valence-electron chi connectivity index (χ2n) is 6.91. The van der Waals surface area contributed by atoms with Crippen LogP contribution in [-0.4, -0.2) is 28.0 Å². The molecule has 0 atom stereocenters. The van der Waals surface area contributed by atoms with E-state index in [0.29, 0.717) is 17.1 Å². The summed E-state index contributed by atoms with van der Waals surface area (Å²) >= 11 is 0. The first kappa shape index (κ1) is 21.4. The maximum atomic E-state index is 13.3. The molecule has 0 fully saturated rings. The lowest BCUT2D eigenvalue weighted by atomic mass is 10.2. The second-order valence-corrected chi connectivity index (χ2v) is 8.77. The van der Waals surface area contributed by atoms with E-state index in [1.54, 1.807) is 42.5 Å². The number of ether oxygens (including phenoxy) is 1. The molecule has 0 aliphatic heterocycles. The van der Waals surface area contributed by atoms with Crippen molar-refractivity contribution in [1.82, 2.24) is 0 Å². The zero-order valence-electron chi connectivity index (χ0n) is 17.1. The first-order valence-corrected chi connectivity index (χ1v) is 10.8. The molecule has 0 spiro atoms. The van der Waals surface area contributed by atoms with Crippen LogP contribution in [0.15, 0.2) is 77.7 Å². The maximum absolute atomic E-state index is 13.3. The molecule has 0 heterocycles. The van der Waals surface area contributed by atoms with Gasteiger partial charge in [0.15, 0.2) is 0 Å². The van der Waals surface area contributed by atoms with E-state index in [4.69, 9.17) is 4.74 Å². The van der Waals surface area contributed by atoms with Crippen LogP contribution in [-0.2, 0) is 14.8 Å². The number of benzene rings is 3. The van der Waals surface area contributed by atoms with Crippen molar-refractivity contribution >= 4 is 27.3 Å². The van der Waals surface area contributed by atoms with Crippen LogP contribution in [0.3, 0.4) is 0 Å². The third-order valence-corrected chi connectivity index (χ3v) is 6.36. The Balaban J connectivity index is 1.94. The summed E-state index contributed by atoms with van der Waals surface area (Å²) in [7, 11) is -2.42. The molecule has 0 aliphatic rings. The molecule has 0 radical (unpaired) electrons. The average molecular weight is 425 g/mol. The number of anilines is 2. The third kappa shape index (κ3) is 4.80. The molecule has 3 aromatic rings. The number of methoxy groups -OCH3 is 1. The van der Waals surface area contributed by atoms with E-state index < -0.39 is 15.9 Å². The van der Waals surface area contributed by atoms with Gasteiger partial charge in [-0.2, -0.15) is 0 Å². The van der Waals surface area contributed by atoms with Gasteiger partial charge < -0.3 is 10.1 Å². The van der Waals surface area contributed by atoms with Crippen molar-refractivity contribution in [3.8, 4) is 5.75 Å². The lowest BCUT2D eigenvalue weighted by Gasteiger charge is -2.24. The zero-order valence-corrected chi connectivity index (χ0v) is 17.9. The van der Waals surface area contributed by atoms with Gasteiger partial charge >= 0.3 is 0 Å². The normalized spacial score (nSPS) is 11.0. The van der Waals surface area contributed by atoms with Gasteiger partial charge in [0.05, 0.1) is 23.4 Å². The molecule has 0 unspecified atom stereocenters.